The lowest BCUT2D eigenvalue weighted by atomic mass is 9.82. The number of carbonyl (C=O) groups excluding carboxylic acids is 2. The van der Waals surface area contributed by atoms with Crippen LogP contribution >= 0.6 is 0 Å². The van der Waals surface area contributed by atoms with E-state index in [4.69, 9.17) is 4.74 Å². The van der Waals surface area contributed by atoms with E-state index in [2.05, 4.69) is 46.2 Å². The first kappa shape index (κ1) is 21.6. The van der Waals surface area contributed by atoms with E-state index < -0.39 is 0 Å². The molecule has 0 bridgehead atoms. The maximum Gasteiger partial charge on any atom is 0.228 e. The van der Waals surface area contributed by atoms with Crippen LogP contribution in [-0.2, 0) is 16.0 Å². The van der Waals surface area contributed by atoms with Gasteiger partial charge in [-0.25, -0.2) is 0 Å². The first-order valence-corrected chi connectivity index (χ1v) is 11.8. The first-order valence-electron chi connectivity index (χ1n) is 11.8. The number of para-hydroxylation sites is 1. The highest BCUT2D eigenvalue weighted by Gasteiger charge is 2.43. The molecule has 3 aliphatic rings. The number of piperazine rings is 2. The van der Waals surface area contributed by atoms with Gasteiger partial charge in [0, 0.05) is 70.2 Å². The molecular weight excluding hydrogens is 416 g/mol. The standard InChI is InChI=1S/C26H32N4O3/c1-19(31)27-10-12-28(13-11-27)26(32)23-16-20-8-9-22(33-2)17-24(20)30-15-14-29(18-25(23)30)21-6-4-3-5-7-21/h3-9,17,23,25H,10-16,18H2,1-2H3/t23-,25+/m1/s1. The maximum absolute atomic E-state index is 13.8. The quantitative estimate of drug-likeness (QED) is 0.721. The molecule has 2 fully saturated rings. The van der Waals surface area contributed by atoms with E-state index >= 15 is 0 Å². The Hall–Kier alpha value is -3.22. The Labute approximate surface area is 195 Å². The molecule has 174 valence electrons. The van der Waals surface area contributed by atoms with Gasteiger partial charge < -0.3 is 24.3 Å². The molecule has 2 aromatic carbocycles. The average molecular weight is 449 g/mol. The third kappa shape index (κ3) is 4.12. The molecule has 0 radical (unpaired) electrons. The highest BCUT2D eigenvalue weighted by Crippen LogP contribution is 2.39. The molecule has 0 aromatic heterocycles. The Kier molecular flexibility index (Phi) is 5.87. The molecule has 5 rings (SSSR count). The zero-order valence-electron chi connectivity index (χ0n) is 19.4. The largest absolute Gasteiger partial charge is 0.497 e. The Morgan fingerprint density at radius 1 is 0.909 bits per heavy atom. The van der Waals surface area contributed by atoms with Crippen molar-refractivity contribution in [3.8, 4) is 5.75 Å². The molecule has 0 saturated carbocycles. The van der Waals surface area contributed by atoms with Gasteiger partial charge in [0.25, 0.3) is 0 Å². The number of carbonyl (C=O) groups is 2. The molecule has 2 saturated heterocycles. The van der Waals surface area contributed by atoms with Crippen molar-refractivity contribution >= 4 is 23.2 Å². The number of fused-ring (bicyclic) bond motifs is 3. The number of anilines is 2. The molecule has 7 heteroatoms. The summed E-state index contributed by atoms with van der Waals surface area (Å²) in [7, 11) is 1.70. The SMILES string of the molecule is COc1ccc2c(c1)N1CCN(c3ccccc3)C[C@H]1[C@H](C(=O)N1CCN(C(C)=O)CC1)C2. The van der Waals surface area contributed by atoms with Crippen molar-refractivity contribution in [2.24, 2.45) is 5.92 Å². The molecule has 2 aromatic rings. The summed E-state index contributed by atoms with van der Waals surface area (Å²) < 4.78 is 5.50. The number of hydrogen-bond acceptors (Lipinski definition) is 5. The zero-order valence-corrected chi connectivity index (χ0v) is 19.4. The van der Waals surface area contributed by atoms with Gasteiger partial charge in [-0.2, -0.15) is 0 Å². The summed E-state index contributed by atoms with van der Waals surface area (Å²) >= 11 is 0. The van der Waals surface area contributed by atoms with Crippen LogP contribution in [0.3, 0.4) is 0 Å². The fourth-order valence-electron chi connectivity index (χ4n) is 5.54. The Morgan fingerprint density at radius 3 is 2.33 bits per heavy atom. The monoisotopic (exact) mass is 448 g/mol. The average Bonchev–Trinajstić information content (AvgIpc) is 2.87. The van der Waals surface area contributed by atoms with Crippen LogP contribution in [-0.4, -0.2) is 80.6 Å². The Balaban J connectivity index is 1.43. The van der Waals surface area contributed by atoms with Gasteiger partial charge in [0.2, 0.25) is 11.8 Å². The van der Waals surface area contributed by atoms with Gasteiger partial charge >= 0.3 is 0 Å². The second-order valence-electron chi connectivity index (χ2n) is 9.18. The summed E-state index contributed by atoms with van der Waals surface area (Å²) in [6.07, 6.45) is 0.731. The highest BCUT2D eigenvalue weighted by molar-refractivity contribution is 5.83. The van der Waals surface area contributed by atoms with Crippen LogP contribution in [0.1, 0.15) is 12.5 Å². The number of nitrogens with zero attached hydrogens (tertiary/aromatic N) is 4. The van der Waals surface area contributed by atoms with Crippen molar-refractivity contribution in [1.29, 1.82) is 0 Å². The lowest BCUT2D eigenvalue weighted by molar-refractivity contribution is -0.142. The van der Waals surface area contributed by atoms with E-state index in [0.717, 1.165) is 31.8 Å². The minimum atomic E-state index is -0.110. The number of benzene rings is 2. The first-order chi connectivity index (χ1) is 16.0. The number of amides is 2. The Bertz CT molecular complexity index is 1020. The smallest absolute Gasteiger partial charge is 0.228 e. The fourth-order valence-corrected chi connectivity index (χ4v) is 5.54. The normalized spacial score (nSPS) is 22.5. The van der Waals surface area contributed by atoms with Crippen molar-refractivity contribution in [2.45, 2.75) is 19.4 Å². The summed E-state index contributed by atoms with van der Waals surface area (Å²) in [4.78, 5) is 34.2. The van der Waals surface area contributed by atoms with E-state index in [1.807, 2.05) is 21.9 Å². The van der Waals surface area contributed by atoms with Crippen molar-refractivity contribution in [3.05, 3.63) is 54.1 Å². The number of rotatable bonds is 3. The third-order valence-electron chi connectivity index (χ3n) is 7.40. The predicted octanol–water partition coefficient (Wildman–Crippen LogP) is 2.25. The lowest BCUT2D eigenvalue weighted by Gasteiger charge is -2.50. The van der Waals surface area contributed by atoms with Crippen LogP contribution in [0.15, 0.2) is 48.5 Å². The summed E-state index contributed by atoms with van der Waals surface area (Å²) in [6.45, 7) is 6.64. The van der Waals surface area contributed by atoms with Crippen LogP contribution in [0.2, 0.25) is 0 Å². The third-order valence-corrected chi connectivity index (χ3v) is 7.40. The number of ether oxygens (including phenoxy) is 1. The van der Waals surface area contributed by atoms with Crippen molar-refractivity contribution in [2.75, 3.05) is 62.7 Å². The van der Waals surface area contributed by atoms with Gasteiger partial charge in [-0.05, 0) is 30.2 Å². The van der Waals surface area contributed by atoms with Crippen LogP contribution in [0.4, 0.5) is 11.4 Å². The molecule has 2 atom stereocenters. The number of methoxy groups -OCH3 is 1. The van der Waals surface area contributed by atoms with Crippen molar-refractivity contribution in [3.63, 3.8) is 0 Å². The topological polar surface area (TPSA) is 56.3 Å². The van der Waals surface area contributed by atoms with E-state index in [1.54, 1.807) is 14.0 Å². The predicted molar refractivity (Wildman–Crippen MR) is 129 cm³/mol. The molecule has 0 unspecified atom stereocenters. The fraction of sp³-hybridized carbons (Fsp3) is 0.462. The van der Waals surface area contributed by atoms with Gasteiger partial charge in [0.05, 0.1) is 19.1 Å². The molecule has 0 spiro atoms. The summed E-state index contributed by atoms with van der Waals surface area (Å²) in [5, 5.41) is 0. The second-order valence-corrected chi connectivity index (χ2v) is 9.18. The number of hydrogen-bond donors (Lipinski definition) is 0. The van der Waals surface area contributed by atoms with Gasteiger partial charge in [-0.1, -0.05) is 24.3 Å². The highest BCUT2D eigenvalue weighted by atomic mass is 16.5. The summed E-state index contributed by atoms with van der Waals surface area (Å²) in [5.74, 6) is 1.04. The van der Waals surface area contributed by atoms with Gasteiger partial charge in [0.15, 0.2) is 0 Å². The molecular formula is C26H32N4O3. The lowest BCUT2D eigenvalue weighted by Crippen LogP contribution is -2.62. The van der Waals surface area contributed by atoms with E-state index in [-0.39, 0.29) is 23.8 Å². The van der Waals surface area contributed by atoms with Gasteiger partial charge in [-0.3, -0.25) is 9.59 Å². The van der Waals surface area contributed by atoms with Crippen molar-refractivity contribution in [1.82, 2.24) is 9.80 Å². The second kappa shape index (κ2) is 8.96. The molecule has 33 heavy (non-hydrogen) atoms. The zero-order chi connectivity index (χ0) is 22.9. The summed E-state index contributed by atoms with van der Waals surface area (Å²) in [5.41, 5.74) is 3.60. The van der Waals surface area contributed by atoms with Crippen LogP contribution in [0.5, 0.6) is 5.75 Å². The molecule has 3 aliphatic heterocycles. The minimum absolute atomic E-state index is 0.0830. The van der Waals surface area contributed by atoms with Crippen LogP contribution in [0, 0.1) is 5.92 Å². The molecule has 0 N–H and O–H groups in total. The summed E-state index contributed by atoms with van der Waals surface area (Å²) in [6, 6.07) is 16.8. The molecule has 2 amide bonds. The van der Waals surface area contributed by atoms with Crippen LogP contribution in [0.25, 0.3) is 0 Å². The minimum Gasteiger partial charge on any atom is -0.497 e. The van der Waals surface area contributed by atoms with E-state index in [1.165, 1.54) is 16.9 Å². The molecule has 0 aliphatic carbocycles. The van der Waals surface area contributed by atoms with Gasteiger partial charge in [-0.15, -0.1) is 0 Å². The van der Waals surface area contributed by atoms with E-state index in [9.17, 15) is 9.59 Å². The molecule has 3 heterocycles. The van der Waals surface area contributed by atoms with Crippen molar-refractivity contribution < 1.29 is 14.3 Å². The molecule has 7 nitrogen and oxygen atoms in total. The Morgan fingerprint density at radius 2 is 1.64 bits per heavy atom. The van der Waals surface area contributed by atoms with Gasteiger partial charge in [0.1, 0.15) is 5.75 Å². The van der Waals surface area contributed by atoms with Crippen LogP contribution < -0.4 is 14.5 Å². The maximum atomic E-state index is 13.8. The van der Waals surface area contributed by atoms with E-state index in [0.29, 0.717) is 26.2 Å².